The van der Waals surface area contributed by atoms with Crippen LogP contribution in [0.4, 0.5) is 10.5 Å². The minimum atomic E-state index is -0.440. The topological polar surface area (TPSA) is 104 Å². The van der Waals surface area contributed by atoms with Crippen LogP contribution in [-0.2, 0) is 6.54 Å². The molecule has 0 spiro atoms. The molecule has 2 aromatic rings. The first-order valence-electron chi connectivity index (χ1n) is 7.91. The van der Waals surface area contributed by atoms with E-state index in [1.54, 1.807) is 18.3 Å². The number of carbonyl (C=O) groups excluding carboxylic acids is 1. The number of urea groups is 1. The first kappa shape index (κ1) is 16.0. The summed E-state index contributed by atoms with van der Waals surface area (Å²) in [4.78, 5) is 24.7. The maximum atomic E-state index is 12.5. The monoisotopic (exact) mass is 329 g/mol. The highest BCUT2D eigenvalue weighted by Gasteiger charge is 2.28. The summed E-state index contributed by atoms with van der Waals surface area (Å²) in [7, 11) is 0. The molecule has 8 heteroatoms. The Bertz CT molecular complexity index is 716. The molecule has 24 heavy (non-hydrogen) atoms. The zero-order valence-electron chi connectivity index (χ0n) is 13.1. The molecule has 1 aromatic heterocycles. The lowest BCUT2D eigenvalue weighted by Crippen LogP contribution is -2.44. The molecular formula is C16H19N5O3. The van der Waals surface area contributed by atoms with Crippen molar-refractivity contribution >= 4 is 11.7 Å². The predicted octanol–water partition coefficient (Wildman–Crippen LogP) is 2.75. The first-order chi connectivity index (χ1) is 11.6. The average molecular weight is 329 g/mol. The van der Waals surface area contributed by atoms with Gasteiger partial charge in [-0.05, 0) is 24.8 Å². The largest absolute Gasteiger partial charge is 0.334 e. The minimum absolute atomic E-state index is 0.0163. The molecule has 0 radical (unpaired) electrons. The summed E-state index contributed by atoms with van der Waals surface area (Å²) in [6.07, 6.45) is 6.51. The Morgan fingerprint density at radius 1 is 1.46 bits per heavy atom. The van der Waals surface area contributed by atoms with E-state index in [-0.39, 0.29) is 24.3 Å². The molecule has 1 fully saturated rings. The molecule has 0 saturated carbocycles. The molecule has 2 amide bonds. The third kappa shape index (κ3) is 3.53. The van der Waals surface area contributed by atoms with Crippen LogP contribution in [0.5, 0.6) is 0 Å². The van der Waals surface area contributed by atoms with Crippen molar-refractivity contribution in [3.05, 3.63) is 57.9 Å². The summed E-state index contributed by atoms with van der Waals surface area (Å²) >= 11 is 0. The van der Waals surface area contributed by atoms with E-state index in [9.17, 15) is 14.9 Å². The van der Waals surface area contributed by atoms with Gasteiger partial charge in [0, 0.05) is 37.0 Å². The first-order valence-corrected chi connectivity index (χ1v) is 7.91. The number of aromatic amines is 1. The van der Waals surface area contributed by atoms with Gasteiger partial charge in [0.15, 0.2) is 0 Å². The number of rotatable bonds is 4. The van der Waals surface area contributed by atoms with Crippen LogP contribution < -0.4 is 5.32 Å². The van der Waals surface area contributed by atoms with Crippen molar-refractivity contribution in [2.45, 2.75) is 31.8 Å². The molecule has 1 aromatic carbocycles. The van der Waals surface area contributed by atoms with Gasteiger partial charge in [-0.2, -0.15) is 5.10 Å². The van der Waals surface area contributed by atoms with E-state index >= 15 is 0 Å². The number of nitro groups is 1. The Balaban J connectivity index is 1.65. The van der Waals surface area contributed by atoms with Crippen LogP contribution in [0.1, 0.15) is 36.4 Å². The lowest BCUT2D eigenvalue weighted by Gasteiger charge is -2.35. The molecule has 0 aliphatic carbocycles. The van der Waals surface area contributed by atoms with Crippen molar-refractivity contribution < 1.29 is 9.72 Å². The number of nitrogens with one attached hydrogen (secondary N) is 2. The Hall–Kier alpha value is -2.90. The van der Waals surface area contributed by atoms with Crippen LogP contribution in [-0.4, -0.2) is 32.6 Å². The van der Waals surface area contributed by atoms with E-state index in [1.807, 2.05) is 11.1 Å². The molecule has 126 valence electrons. The fraction of sp³-hybridized carbons (Fsp3) is 0.375. The smallest absolute Gasteiger partial charge is 0.318 e. The molecule has 1 aliphatic heterocycles. The van der Waals surface area contributed by atoms with Crippen LogP contribution in [0.25, 0.3) is 0 Å². The van der Waals surface area contributed by atoms with Crippen molar-refractivity contribution in [1.82, 2.24) is 20.4 Å². The van der Waals surface area contributed by atoms with E-state index in [1.165, 1.54) is 12.1 Å². The molecule has 2 heterocycles. The third-order valence-electron chi connectivity index (χ3n) is 4.23. The van der Waals surface area contributed by atoms with Crippen LogP contribution in [0, 0.1) is 10.1 Å². The van der Waals surface area contributed by atoms with Crippen LogP contribution in [0.3, 0.4) is 0 Å². The number of carbonyl (C=O) groups is 1. The Kier molecular flexibility index (Phi) is 4.74. The van der Waals surface area contributed by atoms with E-state index in [0.29, 0.717) is 12.1 Å². The standard InChI is InChI=1S/C16H19N5O3/c22-16(17-9-12-4-3-5-14(8-12)21(23)24)20-7-2-1-6-15(20)13-10-18-19-11-13/h3-5,8,10-11,15H,1-2,6-7,9H2,(H,17,22)(H,18,19)/t15-/m0/s1. The lowest BCUT2D eigenvalue weighted by molar-refractivity contribution is -0.384. The molecule has 2 N–H and O–H groups in total. The highest BCUT2D eigenvalue weighted by molar-refractivity contribution is 5.75. The SMILES string of the molecule is O=C(NCc1cccc([N+](=O)[O-])c1)N1CCCC[C@H]1c1cn[nH]c1. The van der Waals surface area contributed by atoms with Crippen LogP contribution in [0.15, 0.2) is 36.7 Å². The number of amides is 2. The van der Waals surface area contributed by atoms with E-state index in [0.717, 1.165) is 24.8 Å². The maximum absolute atomic E-state index is 12.5. The number of non-ortho nitro benzene ring substituents is 1. The van der Waals surface area contributed by atoms with Crippen LogP contribution >= 0.6 is 0 Å². The normalized spacial score (nSPS) is 17.5. The van der Waals surface area contributed by atoms with Crippen molar-refractivity contribution in [3.8, 4) is 0 Å². The zero-order chi connectivity index (χ0) is 16.9. The highest BCUT2D eigenvalue weighted by Crippen LogP contribution is 2.30. The Morgan fingerprint density at radius 3 is 3.08 bits per heavy atom. The van der Waals surface area contributed by atoms with Gasteiger partial charge in [-0.25, -0.2) is 4.79 Å². The molecule has 0 unspecified atom stereocenters. The third-order valence-corrected chi connectivity index (χ3v) is 4.23. The number of hydrogen-bond acceptors (Lipinski definition) is 4. The molecule has 0 bridgehead atoms. The van der Waals surface area contributed by atoms with Crippen molar-refractivity contribution in [1.29, 1.82) is 0 Å². The molecule has 1 aliphatic rings. The lowest BCUT2D eigenvalue weighted by atomic mass is 9.98. The van der Waals surface area contributed by atoms with Gasteiger partial charge in [-0.15, -0.1) is 0 Å². The molecule has 8 nitrogen and oxygen atoms in total. The Labute approximate surface area is 139 Å². The molecule has 1 saturated heterocycles. The zero-order valence-corrected chi connectivity index (χ0v) is 13.1. The highest BCUT2D eigenvalue weighted by atomic mass is 16.6. The fourth-order valence-electron chi connectivity index (χ4n) is 3.02. The average Bonchev–Trinajstić information content (AvgIpc) is 3.14. The van der Waals surface area contributed by atoms with Crippen LogP contribution in [0.2, 0.25) is 0 Å². The van der Waals surface area contributed by atoms with Gasteiger partial charge >= 0.3 is 6.03 Å². The number of nitrogens with zero attached hydrogens (tertiary/aromatic N) is 3. The van der Waals surface area contributed by atoms with Crippen molar-refractivity contribution in [2.24, 2.45) is 0 Å². The second-order valence-corrected chi connectivity index (χ2v) is 5.82. The second kappa shape index (κ2) is 7.12. The van der Waals surface area contributed by atoms with Gasteiger partial charge in [0.05, 0.1) is 17.2 Å². The van der Waals surface area contributed by atoms with E-state index in [4.69, 9.17) is 0 Å². The van der Waals surface area contributed by atoms with Crippen molar-refractivity contribution in [2.75, 3.05) is 6.54 Å². The number of H-pyrrole nitrogens is 1. The Morgan fingerprint density at radius 2 is 2.33 bits per heavy atom. The van der Waals surface area contributed by atoms with Gasteiger partial charge < -0.3 is 10.2 Å². The number of aromatic nitrogens is 2. The molecule has 3 rings (SSSR count). The summed E-state index contributed by atoms with van der Waals surface area (Å²) in [6, 6.07) is 6.15. The summed E-state index contributed by atoms with van der Waals surface area (Å²) in [5.41, 5.74) is 1.73. The summed E-state index contributed by atoms with van der Waals surface area (Å²) in [5.74, 6) is 0. The maximum Gasteiger partial charge on any atom is 0.318 e. The fourth-order valence-corrected chi connectivity index (χ4v) is 3.02. The van der Waals surface area contributed by atoms with Gasteiger partial charge in [0.25, 0.3) is 5.69 Å². The summed E-state index contributed by atoms with van der Waals surface area (Å²) < 4.78 is 0. The number of piperidine rings is 1. The second-order valence-electron chi connectivity index (χ2n) is 5.82. The minimum Gasteiger partial charge on any atom is -0.334 e. The summed E-state index contributed by atoms with van der Waals surface area (Å²) in [6.45, 7) is 0.950. The van der Waals surface area contributed by atoms with E-state index < -0.39 is 4.92 Å². The molecule has 1 atom stereocenters. The quantitative estimate of drug-likeness (QED) is 0.664. The van der Waals surface area contributed by atoms with Gasteiger partial charge in [0.2, 0.25) is 0 Å². The van der Waals surface area contributed by atoms with Gasteiger partial charge in [-0.3, -0.25) is 15.2 Å². The number of hydrogen-bond donors (Lipinski definition) is 2. The van der Waals surface area contributed by atoms with Crippen molar-refractivity contribution in [3.63, 3.8) is 0 Å². The predicted molar refractivity (Wildman–Crippen MR) is 87.2 cm³/mol. The van der Waals surface area contributed by atoms with Gasteiger partial charge in [-0.1, -0.05) is 12.1 Å². The number of likely N-dealkylation sites (tertiary alicyclic amines) is 1. The summed E-state index contributed by atoms with van der Waals surface area (Å²) in [5, 5.41) is 20.4. The number of benzene rings is 1. The molecular weight excluding hydrogens is 310 g/mol. The van der Waals surface area contributed by atoms with Gasteiger partial charge in [0.1, 0.15) is 0 Å². The number of nitro benzene ring substituents is 1. The van der Waals surface area contributed by atoms with E-state index in [2.05, 4.69) is 15.5 Å².